The number of aromatic nitrogens is 2. The van der Waals surface area contributed by atoms with Crippen LogP contribution < -0.4 is 0 Å². The van der Waals surface area contributed by atoms with E-state index in [2.05, 4.69) is 138 Å². The zero-order valence-corrected chi connectivity index (χ0v) is 46.0. The summed E-state index contributed by atoms with van der Waals surface area (Å²) in [5.74, 6) is 0.0692. The number of nitrogens with zero attached hydrogens (tertiary/aromatic N) is 2. The van der Waals surface area contributed by atoms with Crippen molar-refractivity contribution >= 4 is 27.3 Å². The third kappa shape index (κ3) is 14.8. The van der Waals surface area contributed by atoms with Crippen molar-refractivity contribution in [3.05, 3.63) is 142 Å². The van der Waals surface area contributed by atoms with Crippen LogP contribution in [-0.4, -0.2) is 27.3 Å². The van der Waals surface area contributed by atoms with Crippen LogP contribution in [0, 0.1) is 37.8 Å². The number of aryl methyl sites for hydroxylation is 2. The van der Waals surface area contributed by atoms with Gasteiger partial charge in [0.2, 0.25) is 6.43 Å². The molecule has 4 aromatic carbocycles. The van der Waals surface area contributed by atoms with Crippen LogP contribution in [0.15, 0.2) is 96.9 Å². The van der Waals surface area contributed by atoms with E-state index in [1.54, 1.807) is 6.92 Å². The molecular formula is C63H78F2IrN2O2-2. The molecule has 8 rings (SSSR count). The Morgan fingerprint density at radius 2 is 1.09 bits per heavy atom. The number of benzene rings is 4. The maximum absolute atomic E-state index is 12.2. The van der Waals surface area contributed by atoms with Crippen molar-refractivity contribution in [2.24, 2.45) is 11.8 Å². The number of fused-ring (bicyclic) bond motifs is 2. The molecule has 1 atom stereocenters. The van der Waals surface area contributed by atoms with E-state index in [-0.39, 0.29) is 72.8 Å². The minimum atomic E-state index is -2.46. The number of carbonyl (C=O) groups is 1. The summed E-state index contributed by atoms with van der Waals surface area (Å²) in [4.78, 5) is 20.7. The Bertz CT molecular complexity index is 2760. The van der Waals surface area contributed by atoms with Gasteiger partial charge < -0.3 is 15.1 Å². The van der Waals surface area contributed by atoms with Crippen LogP contribution in [0.1, 0.15) is 190 Å². The summed E-state index contributed by atoms with van der Waals surface area (Å²) >= 11 is 0. The predicted molar refractivity (Wildman–Crippen MR) is 286 cm³/mol. The standard InChI is InChI=1S/2C25H28N.C13H22F2O2.Ir/c2*1-17-13-21(16-22(14-17)25(2,3)4)24-23-10-9-19(18-7-5-6-8-18)15-20(23)11-12-26-24;1-4-9(5-2)11(16)8-12(17)10(6-3)7-13(14)15;/h2*9-12,14-16,18H,5-8H2,1-4H3;8-10,13,17H,4-7H2,1-3H3;/q2*-1;;/b;;12-8-;/i2*11D,12D;;. The van der Waals surface area contributed by atoms with Gasteiger partial charge in [-0.3, -0.25) is 4.79 Å². The summed E-state index contributed by atoms with van der Waals surface area (Å²) in [7, 11) is 0. The second-order valence-corrected chi connectivity index (χ2v) is 21.6. The number of pyridine rings is 2. The Kier molecular flexibility index (Phi) is 18.1. The molecule has 2 aromatic heterocycles. The van der Waals surface area contributed by atoms with E-state index >= 15 is 0 Å². The van der Waals surface area contributed by atoms with Gasteiger partial charge in [0.25, 0.3) is 0 Å². The number of alkyl halides is 2. The molecule has 0 saturated heterocycles. The second kappa shape index (κ2) is 25.2. The molecule has 0 bridgehead atoms. The van der Waals surface area contributed by atoms with Crippen molar-refractivity contribution in [1.29, 1.82) is 0 Å². The van der Waals surface area contributed by atoms with Crippen LogP contribution in [0.3, 0.4) is 0 Å². The number of rotatable bonds is 12. The number of hydrogen-bond acceptors (Lipinski definition) is 4. The average molecular weight is 1130 g/mol. The van der Waals surface area contributed by atoms with Crippen LogP contribution in [0.2, 0.25) is 0 Å². The topological polar surface area (TPSA) is 63.1 Å². The van der Waals surface area contributed by atoms with Crippen LogP contribution in [0.4, 0.5) is 8.78 Å². The van der Waals surface area contributed by atoms with Crippen LogP contribution in [0.25, 0.3) is 44.1 Å². The van der Waals surface area contributed by atoms with Crippen molar-refractivity contribution < 1.29 is 44.3 Å². The molecule has 2 heterocycles. The quantitative estimate of drug-likeness (QED) is 0.0753. The van der Waals surface area contributed by atoms with Crippen molar-refractivity contribution in [2.45, 2.75) is 182 Å². The van der Waals surface area contributed by atoms with Crippen molar-refractivity contribution in [2.75, 3.05) is 0 Å². The van der Waals surface area contributed by atoms with Gasteiger partial charge >= 0.3 is 0 Å². The Morgan fingerprint density at radius 1 is 0.686 bits per heavy atom. The van der Waals surface area contributed by atoms with E-state index < -0.39 is 18.8 Å². The van der Waals surface area contributed by atoms with E-state index in [1.165, 1.54) is 73.6 Å². The smallest absolute Gasteiger partial charge is 0.239 e. The summed E-state index contributed by atoms with van der Waals surface area (Å²) in [5.41, 5.74) is 10.6. The molecule has 6 aromatic rings. The summed E-state index contributed by atoms with van der Waals surface area (Å²) in [6.07, 6.45) is 10.2. The van der Waals surface area contributed by atoms with Crippen LogP contribution in [-0.2, 0) is 35.7 Å². The van der Waals surface area contributed by atoms with E-state index in [1.807, 2.05) is 13.8 Å². The molecule has 0 aliphatic heterocycles. The summed E-state index contributed by atoms with van der Waals surface area (Å²) in [6.45, 7) is 22.8. The normalized spacial score (nSPS) is 16.0. The molecule has 1 N–H and O–H groups in total. The fourth-order valence-corrected chi connectivity index (χ4v) is 9.92. The number of carbonyl (C=O) groups excluding carboxylic acids is 1. The third-order valence-electron chi connectivity index (χ3n) is 14.3. The molecule has 2 aliphatic rings. The molecule has 0 amide bonds. The maximum Gasteiger partial charge on any atom is 0.239 e. The number of ketones is 1. The van der Waals surface area contributed by atoms with Gasteiger partial charge in [0.15, 0.2) is 5.78 Å². The van der Waals surface area contributed by atoms with E-state index in [0.29, 0.717) is 31.1 Å². The molecule has 7 heteroatoms. The first-order chi connectivity index (χ1) is 34.4. The number of halogens is 2. The van der Waals surface area contributed by atoms with E-state index in [9.17, 15) is 18.7 Å². The maximum atomic E-state index is 12.2. The molecule has 2 aliphatic carbocycles. The Balaban J connectivity index is 0.000000212. The predicted octanol–water partition coefficient (Wildman–Crippen LogP) is 18.0. The average Bonchev–Trinajstić information content (AvgIpc) is 4.09. The molecule has 1 radical (unpaired) electrons. The van der Waals surface area contributed by atoms with Crippen LogP contribution in [0.5, 0.6) is 0 Å². The molecule has 1 unspecified atom stereocenters. The molecule has 2 saturated carbocycles. The van der Waals surface area contributed by atoms with Crippen LogP contribution >= 0.6 is 0 Å². The molecule has 377 valence electrons. The number of allylic oxidation sites excluding steroid dienone is 2. The van der Waals surface area contributed by atoms with Crippen molar-refractivity contribution in [3.8, 4) is 22.5 Å². The summed E-state index contributed by atoms with van der Waals surface area (Å²) in [5, 5.41) is 13.3. The van der Waals surface area contributed by atoms with E-state index in [4.69, 9.17) is 5.48 Å². The van der Waals surface area contributed by atoms with E-state index in [0.717, 1.165) is 61.3 Å². The molecule has 70 heavy (non-hydrogen) atoms. The first-order valence-electron chi connectivity index (χ1n) is 27.6. The Labute approximate surface area is 438 Å². The monoisotopic (exact) mass is 1130 g/mol. The van der Waals surface area contributed by atoms with Gasteiger partial charge in [0, 0.05) is 56.8 Å². The van der Waals surface area contributed by atoms with Gasteiger partial charge in [0.1, 0.15) is 0 Å². The van der Waals surface area contributed by atoms with Crippen molar-refractivity contribution in [1.82, 2.24) is 9.97 Å². The molecule has 4 nitrogen and oxygen atoms in total. The number of hydrogen-bond donors (Lipinski definition) is 1. The minimum Gasteiger partial charge on any atom is -0.512 e. The Morgan fingerprint density at radius 3 is 1.44 bits per heavy atom. The molecular weight excluding hydrogens is 1050 g/mol. The van der Waals surface area contributed by atoms with Gasteiger partial charge in [-0.25, -0.2) is 8.78 Å². The second-order valence-electron chi connectivity index (χ2n) is 21.6. The fraction of sp³-hybridized carbons (Fsp3) is 0.476. The van der Waals surface area contributed by atoms with Gasteiger partial charge in [-0.1, -0.05) is 138 Å². The van der Waals surface area contributed by atoms with Gasteiger partial charge in [-0.15, -0.1) is 69.8 Å². The molecule has 0 spiro atoms. The van der Waals surface area contributed by atoms with Gasteiger partial charge in [-0.2, -0.15) is 0 Å². The molecule has 2 fully saturated rings. The summed E-state index contributed by atoms with van der Waals surface area (Å²) < 4.78 is 57.9. The SMILES string of the molecule is CCC(CC)C(=O)/C=C(\O)C(CC)CC(F)F.[2H]c1nc(-c2[c-]c(C)cc(C(C)(C)C)c2)c2ccc(C3CCCC3)cc2c1[2H].[2H]c1nc(-c2[c-]c(C)cc(C(C)(C)C)c2)c2ccc(C3CCCC3)cc2c1[2H].[Ir]. The van der Waals surface area contributed by atoms with Gasteiger partial charge in [0.05, 0.1) is 11.2 Å². The first kappa shape index (κ1) is 50.4. The Hall–Kier alpha value is -4.58. The minimum absolute atomic E-state index is 0. The largest absolute Gasteiger partial charge is 0.512 e. The number of aliphatic hydroxyl groups is 1. The van der Waals surface area contributed by atoms with Crippen molar-refractivity contribution in [3.63, 3.8) is 0 Å². The summed E-state index contributed by atoms with van der Waals surface area (Å²) in [6, 6.07) is 28.8. The van der Waals surface area contributed by atoms with Gasteiger partial charge in [-0.05, 0) is 124 Å². The first-order valence-corrected chi connectivity index (χ1v) is 25.6. The zero-order valence-electron chi connectivity index (χ0n) is 47.6. The number of aliphatic hydroxyl groups excluding tert-OH is 1. The third-order valence-corrected chi connectivity index (χ3v) is 14.3. The zero-order chi connectivity index (χ0) is 53.5. The fourth-order valence-electron chi connectivity index (χ4n) is 9.92.